The molecule has 1 aliphatic rings. The molecule has 1 aliphatic heterocycles. The number of aromatic nitrogens is 2. The van der Waals surface area contributed by atoms with E-state index >= 15 is 0 Å². The first-order valence-corrected chi connectivity index (χ1v) is 9.54. The number of carbonyl (C=O) groups excluding carboxylic acids is 1. The van der Waals surface area contributed by atoms with Gasteiger partial charge in [-0.1, -0.05) is 23.7 Å². The summed E-state index contributed by atoms with van der Waals surface area (Å²) in [6, 6.07) is 10.4. The number of piperazine rings is 1. The zero-order valence-electron chi connectivity index (χ0n) is 15.0. The third-order valence-electron chi connectivity index (χ3n) is 4.86. The Bertz CT molecular complexity index is 931. The number of aromatic amines is 1. The molecular formula is C20H22ClN5O. The second-order valence-electron chi connectivity index (χ2n) is 6.67. The number of anilines is 1. The van der Waals surface area contributed by atoms with Crippen molar-refractivity contribution in [1.82, 2.24) is 20.6 Å². The number of hydrogen-bond donors (Lipinski definition) is 3. The van der Waals surface area contributed by atoms with E-state index < -0.39 is 0 Å². The number of rotatable bonds is 5. The van der Waals surface area contributed by atoms with E-state index in [1.54, 1.807) is 18.5 Å². The van der Waals surface area contributed by atoms with Gasteiger partial charge in [-0.2, -0.15) is 0 Å². The van der Waals surface area contributed by atoms with E-state index in [0.29, 0.717) is 22.8 Å². The second kappa shape index (κ2) is 7.98. The van der Waals surface area contributed by atoms with Crippen LogP contribution in [0.5, 0.6) is 0 Å². The van der Waals surface area contributed by atoms with Gasteiger partial charge in [0.2, 0.25) is 0 Å². The van der Waals surface area contributed by atoms with Gasteiger partial charge in [0, 0.05) is 56.2 Å². The summed E-state index contributed by atoms with van der Waals surface area (Å²) in [4.78, 5) is 21.9. The summed E-state index contributed by atoms with van der Waals surface area (Å²) in [5.41, 5.74) is 3.66. The first kappa shape index (κ1) is 17.8. The summed E-state index contributed by atoms with van der Waals surface area (Å²) in [6.45, 7) is 4.72. The molecule has 0 aliphatic carbocycles. The Kier molecular flexibility index (Phi) is 5.27. The molecule has 1 aromatic carbocycles. The number of nitrogens with one attached hydrogen (secondary N) is 3. The molecule has 3 N–H and O–H groups in total. The van der Waals surface area contributed by atoms with Crippen molar-refractivity contribution in [3.8, 4) is 0 Å². The van der Waals surface area contributed by atoms with Crippen molar-refractivity contribution < 1.29 is 4.79 Å². The van der Waals surface area contributed by atoms with Crippen molar-refractivity contribution in [3.05, 3.63) is 58.9 Å². The Balaban J connectivity index is 1.32. The van der Waals surface area contributed by atoms with Gasteiger partial charge >= 0.3 is 0 Å². The monoisotopic (exact) mass is 383 g/mol. The molecule has 1 amide bonds. The van der Waals surface area contributed by atoms with Crippen LogP contribution in [0.3, 0.4) is 0 Å². The predicted molar refractivity (Wildman–Crippen MR) is 109 cm³/mol. The minimum absolute atomic E-state index is 0.140. The minimum Gasteiger partial charge on any atom is -0.369 e. The van der Waals surface area contributed by atoms with Crippen molar-refractivity contribution >= 4 is 34.2 Å². The van der Waals surface area contributed by atoms with Crippen molar-refractivity contribution in [3.63, 3.8) is 0 Å². The van der Waals surface area contributed by atoms with Crippen LogP contribution in [0.25, 0.3) is 11.0 Å². The molecule has 3 aromatic rings. The van der Waals surface area contributed by atoms with E-state index in [4.69, 9.17) is 11.6 Å². The average molecular weight is 384 g/mol. The van der Waals surface area contributed by atoms with Crippen LogP contribution in [-0.4, -0.2) is 48.6 Å². The average Bonchev–Trinajstić information content (AvgIpc) is 3.09. The highest BCUT2D eigenvalue weighted by Crippen LogP contribution is 2.22. The van der Waals surface area contributed by atoms with Gasteiger partial charge in [0.1, 0.15) is 5.65 Å². The number of nitrogens with zero attached hydrogens (tertiary/aromatic N) is 2. The maximum atomic E-state index is 12.4. The molecule has 140 valence electrons. The summed E-state index contributed by atoms with van der Waals surface area (Å²) >= 11 is 6.09. The largest absolute Gasteiger partial charge is 0.369 e. The summed E-state index contributed by atoms with van der Waals surface area (Å²) in [7, 11) is 0. The van der Waals surface area contributed by atoms with Gasteiger partial charge in [-0.3, -0.25) is 4.79 Å². The van der Waals surface area contributed by atoms with Gasteiger partial charge in [0.25, 0.3) is 5.91 Å². The summed E-state index contributed by atoms with van der Waals surface area (Å²) in [5, 5.41) is 7.64. The lowest BCUT2D eigenvalue weighted by molar-refractivity contribution is 0.0954. The van der Waals surface area contributed by atoms with Crippen LogP contribution >= 0.6 is 11.6 Å². The van der Waals surface area contributed by atoms with Crippen molar-refractivity contribution in [2.24, 2.45) is 0 Å². The van der Waals surface area contributed by atoms with Crippen LogP contribution in [0.4, 0.5) is 5.69 Å². The molecule has 1 fully saturated rings. The van der Waals surface area contributed by atoms with Gasteiger partial charge in [-0.25, -0.2) is 4.98 Å². The Morgan fingerprint density at radius 1 is 1.22 bits per heavy atom. The van der Waals surface area contributed by atoms with Gasteiger partial charge in [-0.05, 0) is 30.2 Å². The van der Waals surface area contributed by atoms with Gasteiger partial charge < -0.3 is 20.5 Å². The van der Waals surface area contributed by atoms with Gasteiger partial charge in [0.05, 0.1) is 10.6 Å². The van der Waals surface area contributed by atoms with Gasteiger partial charge in [0.15, 0.2) is 0 Å². The second-order valence-corrected chi connectivity index (χ2v) is 7.07. The van der Waals surface area contributed by atoms with E-state index in [-0.39, 0.29) is 5.91 Å². The fourth-order valence-corrected chi connectivity index (χ4v) is 3.51. The Morgan fingerprint density at radius 3 is 2.78 bits per heavy atom. The number of H-pyrrole nitrogens is 1. The van der Waals surface area contributed by atoms with E-state index in [0.717, 1.165) is 38.0 Å². The lowest BCUT2D eigenvalue weighted by Gasteiger charge is -2.29. The minimum atomic E-state index is -0.140. The van der Waals surface area contributed by atoms with Crippen LogP contribution in [0.1, 0.15) is 15.9 Å². The molecule has 2 aromatic heterocycles. The fraction of sp³-hybridized carbons (Fsp3) is 0.300. The third-order valence-corrected chi connectivity index (χ3v) is 5.17. The maximum Gasteiger partial charge on any atom is 0.252 e. The standard InChI is InChI=1S/C20H22ClN5O/c21-18-13-25-19-17(18)11-15(12-24-19)20(27)23-6-5-14-1-3-16(4-2-14)26-9-7-22-8-10-26/h1-4,11-13,22H,5-10H2,(H,23,27)(H,24,25). The molecule has 27 heavy (non-hydrogen) atoms. The number of halogens is 1. The smallest absolute Gasteiger partial charge is 0.252 e. The SMILES string of the molecule is O=C(NCCc1ccc(N2CCNCC2)cc1)c1cnc2[nH]cc(Cl)c2c1. The number of pyridine rings is 1. The topological polar surface area (TPSA) is 73.1 Å². The third kappa shape index (κ3) is 4.07. The first-order valence-electron chi connectivity index (χ1n) is 9.16. The number of fused-ring (bicyclic) bond motifs is 1. The number of amides is 1. The molecule has 3 heterocycles. The molecule has 1 saturated heterocycles. The number of carbonyl (C=O) groups is 1. The summed E-state index contributed by atoms with van der Waals surface area (Å²) in [5.74, 6) is -0.140. The van der Waals surface area contributed by atoms with E-state index in [9.17, 15) is 4.79 Å². The molecule has 4 rings (SSSR count). The molecule has 6 nitrogen and oxygen atoms in total. The molecule has 0 saturated carbocycles. The summed E-state index contributed by atoms with van der Waals surface area (Å²) in [6.07, 6.45) is 4.02. The maximum absolute atomic E-state index is 12.4. The Labute approximate surface area is 162 Å². The van der Waals surface area contributed by atoms with Crippen LogP contribution in [0, 0.1) is 0 Å². The lowest BCUT2D eigenvalue weighted by atomic mass is 10.1. The Hall–Kier alpha value is -2.57. The van der Waals surface area contributed by atoms with E-state index in [1.807, 2.05) is 0 Å². The highest BCUT2D eigenvalue weighted by atomic mass is 35.5. The van der Waals surface area contributed by atoms with E-state index in [1.165, 1.54) is 11.3 Å². The predicted octanol–water partition coefficient (Wildman–Crippen LogP) is 2.60. The summed E-state index contributed by atoms with van der Waals surface area (Å²) < 4.78 is 0. The van der Waals surface area contributed by atoms with Crippen LogP contribution in [-0.2, 0) is 6.42 Å². The number of hydrogen-bond acceptors (Lipinski definition) is 4. The van der Waals surface area contributed by atoms with Gasteiger partial charge in [-0.15, -0.1) is 0 Å². The molecule has 7 heteroatoms. The quantitative estimate of drug-likeness (QED) is 0.633. The highest BCUT2D eigenvalue weighted by molar-refractivity contribution is 6.35. The van der Waals surface area contributed by atoms with Crippen LogP contribution in [0.15, 0.2) is 42.7 Å². The number of benzene rings is 1. The zero-order valence-corrected chi connectivity index (χ0v) is 15.7. The highest BCUT2D eigenvalue weighted by Gasteiger charge is 2.11. The molecule has 0 bridgehead atoms. The van der Waals surface area contributed by atoms with Crippen LogP contribution < -0.4 is 15.5 Å². The Morgan fingerprint density at radius 2 is 2.00 bits per heavy atom. The molecule has 0 spiro atoms. The molecular weight excluding hydrogens is 362 g/mol. The molecule has 0 atom stereocenters. The first-order chi connectivity index (χ1) is 13.2. The molecule has 0 unspecified atom stereocenters. The van der Waals surface area contributed by atoms with Crippen LogP contribution in [0.2, 0.25) is 5.02 Å². The van der Waals surface area contributed by atoms with Crippen molar-refractivity contribution in [1.29, 1.82) is 0 Å². The fourth-order valence-electron chi connectivity index (χ4n) is 3.31. The lowest BCUT2D eigenvalue weighted by Crippen LogP contribution is -2.43. The zero-order chi connectivity index (χ0) is 18.6. The van der Waals surface area contributed by atoms with E-state index in [2.05, 4.69) is 49.8 Å². The molecule has 0 radical (unpaired) electrons. The van der Waals surface area contributed by atoms with Crippen molar-refractivity contribution in [2.45, 2.75) is 6.42 Å². The van der Waals surface area contributed by atoms with Crippen molar-refractivity contribution in [2.75, 3.05) is 37.6 Å². The normalized spacial score (nSPS) is 14.5.